The molecule has 0 aromatic heterocycles. The van der Waals surface area contributed by atoms with Crippen molar-refractivity contribution in [2.24, 2.45) is 0 Å². The zero-order chi connectivity index (χ0) is 28.0. The fraction of sp³-hybridized carbons (Fsp3) is 0.417. The van der Waals surface area contributed by atoms with Crippen LogP contribution in [0.2, 0.25) is 10.0 Å². The number of nitrogens with one attached hydrogen (secondary N) is 1. The average Bonchev–Trinajstić information content (AvgIpc) is 2.80. The largest absolute Gasteiger partial charge is 0.417 e. The van der Waals surface area contributed by atoms with Crippen molar-refractivity contribution in [1.29, 1.82) is 0 Å². The molecule has 204 valence electrons. The number of nitrogens with zero attached hydrogens (tertiary/aromatic N) is 2. The maximum Gasteiger partial charge on any atom is 0.417 e. The molecular weight excluding hydrogens is 554 g/mol. The quantitative estimate of drug-likeness (QED) is 0.373. The second-order valence-electron chi connectivity index (χ2n) is 8.37. The highest BCUT2D eigenvalue weighted by molar-refractivity contribution is 7.92. The number of anilines is 1. The van der Waals surface area contributed by atoms with E-state index in [0.717, 1.165) is 36.1 Å². The van der Waals surface area contributed by atoms with Crippen LogP contribution in [0.25, 0.3) is 0 Å². The topological polar surface area (TPSA) is 86.8 Å². The normalized spacial score (nSPS) is 12.6. The third-order valence-electron chi connectivity index (χ3n) is 5.52. The molecule has 1 N–H and O–H groups in total. The molecule has 0 aliphatic heterocycles. The lowest BCUT2D eigenvalue weighted by atomic mass is 10.1. The van der Waals surface area contributed by atoms with Crippen LogP contribution in [0.5, 0.6) is 0 Å². The van der Waals surface area contributed by atoms with Gasteiger partial charge in [0.15, 0.2) is 0 Å². The molecule has 0 spiro atoms. The summed E-state index contributed by atoms with van der Waals surface area (Å²) in [6.45, 7) is 2.82. The van der Waals surface area contributed by atoms with Crippen LogP contribution in [-0.2, 0) is 32.3 Å². The Kier molecular flexibility index (Phi) is 10.7. The summed E-state index contributed by atoms with van der Waals surface area (Å²) in [6.07, 6.45) is -2.53. The number of amides is 2. The number of rotatable bonds is 11. The predicted molar refractivity (Wildman–Crippen MR) is 138 cm³/mol. The average molecular weight is 582 g/mol. The molecule has 0 aliphatic rings. The Bertz CT molecular complexity index is 1230. The van der Waals surface area contributed by atoms with Gasteiger partial charge < -0.3 is 10.2 Å². The number of benzene rings is 2. The molecule has 0 aliphatic carbocycles. The van der Waals surface area contributed by atoms with E-state index in [4.69, 9.17) is 23.2 Å². The van der Waals surface area contributed by atoms with Gasteiger partial charge in [-0.15, -0.1) is 0 Å². The van der Waals surface area contributed by atoms with Crippen molar-refractivity contribution in [3.05, 3.63) is 63.6 Å². The van der Waals surface area contributed by atoms with Crippen LogP contribution in [0.3, 0.4) is 0 Å². The number of hydrogen-bond acceptors (Lipinski definition) is 4. The molecule has 0 unspecified atom stereocenters. The molecular formula is C24H28Cl2F3N3O4S. The van der Waals surface area contributed by atoms with Crippen LogP contribution in [0, 0.1) is 0 Å². The van der Waals surface area contributed by atoms with E-state index in [1.165, 1.54) is 6.92 Å². The summed E-state index contributed by atoms with van der Waals surface area (Å²) < 4.78 is 65.9. The highest BCUT2D eigenvalue weighted by atomic mass is 35.5. The van der Waals surface area contributed by atoms with E-state index in [1.807, 2.05) is 6.92 Å². The molecule has 0 bridgehead atoms. The van der Waals surface area contributed by atoms with Gasteiger partial charge >= 0.3 is 6.18 Å². The van der Waals surface area contributed by atoms with E-state index in [2.05, 4.69) is 5.32 Å². The van der Waals surface area contributed by atoms with Gasteiger partial charge in [-0.2, -0.15) is 13.2 Å². The molecule has 2 rings (SSSR count). The Balaban J connectivity index is 2.46. The Labute approximate surface area is 224 Å². The van der Waals surface area contributed by atoms with Crippen LogP contribution in [0.1, 0.15) is 37.8 Å². The number of carbonyl (C=O) groups excluding carboxylic acids is 2. The lowest BCUT2D eigenvalue weighted by Gasteiger charge is -2.32. The monoisotopic (exact) mass is 581 g/mol. The van der Waals surface area contributed by atoms with Crippen LogP contribution < -0.4 is 9.62 Å². The molecule has 1 atom stereocenters. The maximum atomic E-state index is 13.5. The van der Waals surface area contributed by atoms with E-state index in [-0.39, 0.29) is 6.54 Å². The number of alkyl halides is 3. The van der Waals surface area contributed by atoms with Gasteiger partial charge in [0.05, 0.1) is 22.5 Å². The van der Waals surface area contributed by atoms with Crippen molar-refractivity contribution in [3.8, 4) is 0 Å². The van der Waals surface area contributed by atoms with Crippen molar-refractivity contribution < 1.29 is 31.2 Å². The standard InChI is InChI=1S/C24H28Cl2F3N3O4S/c1-4-5-12-30-23(34)16(2)31(14-17-8-6-7-9-20(17)25)22(33)15-32(37(3,35)36)18-10-11-21(26)19(13-18)24(27,28)29/h6-11,13,16H,4-5,12,14-15H2,1-3H3,(H,30,34)/t16-/m1/s1. The maximum absolute atomic E-state index is 13.5. The summed E-state index contributed by atoms with van der Waals surface area (Å²) in [5, 5.41) is 2.44. The molecule has 37 heavy (non-hydrogen) atoms. The number of sulfonamides is 1. The van der Waals surface area contributed by atoms with Crippen molar-refractivity contribution in [2.75, 3.05) is 23.7 Å². The third kappa shape index (κ3) is 8.51. The van der Waals surface area contributed by atoms with Crippen LogP contribution in [-0.4, -0.2) is 50.5 Å². The summed E-state index contributed by atoms with van der Waals surface area (Å²) >= 11 is 11.9. The van der Waals surface area contributed by atoms with Crippen LogP contribution in [0.15, 0.2) is 42.5 Å². The first-order valence-corrected chi connectivity index (χ1v) is 13.9. The fourth-order valence-corrected chi connectivity index (χ4v) is 4.69. The first-order valence-electron chi connectivity index (χ1n) is 11.3. The van der Waals surface area contributed by atoms with Crippen LogP contribution >= 0.6 is 23.2 Å². The van der Waals surface area contributed by atoms with Crippen molar-refractivity contribution in [3.63, 3.8) is 0 Å². The van der Waals surface area contributed by atoms with Crippen LogP contribution in [0.4, 0.5) is 18.9 Å². The Hall–Kier alpha value is -2.50. The van der Waals surface area contributed by atoms with Gasteiger partial charge in [0.1, 0.15) is 12.6 Å². The minimum Gasteiger partial charge on any atom is -0.354 e. The van der Waals surface area contributed by atoms with Gasteiger partial charge in [-0.3, -0.25) is 13.9 Å². The lowest BCUT2D eigenvalue weighted by Crippen LogP contribution is -2.51. The Morgan fingerprint density at radius 1 is 1.08 bits per heavy atom. The summed E-state index contributed by atoms with van der Waals surface area (Å²) in [7, 11) is -4.22. The molecule has 2 aromatic rings. The number of hydrogen-bond donors (Lipinski definition) is 1. The van der Waals surface area contributed by atoms with E-state index in [9.17, 15) is 31.2 Å². The first kappa shape index (κ1) is 30.7. The van der Waals surface area contributed by atoms with Gasteiger partial charge in [-0.05, 0) is 43.2 Å². The summed E-state index contributed by atoms with van der Waals surface area (Å²) in [5.74, 6) is -1.28. The molecule has 0 fully saturated rings. The van der Waals surface area contributed by atoms with E-state index in [0.29, 0.717) is 27.5 Å². The summed E-state index contributed by atoms with van der Waals surface area (Å²) in [6, 6.07) is 8.13. The highest BCUT2D eigenvalue weighted by Gasteiger charge is 2.35. The molecule has 2 amide bonds. The summed E-state index contributed by atoms with van der Waals surface area (Å²) in [4.78, 5) is 27.4. The smallest absolute Gasteiger partial charge is 0.354 e. The first-order chi connectivity index (χ1) is 17.2. The molecule has 2 aromatic carbocycles. The summed E-state index contributed by atoms with van der Waals surface area (Å²) in [5.41, 5.74) is -1.14. The zero-order valence-corrected chi connectivity index (χ0v) is 22.8. The van der Waals surface area contributed by atoms with E-state index in [1.54, 1.807) is 24.3 Å². The molecule has 7 nitrogen and oxygen atoms in total. The molecule has 0 radical (unpaired) electrons. The third-order valence-corrected chi connectivity index (χ3v) is 7.36. The van der Waals surface area contributed by atoms with Gasteiger partial charge in [0, 0.05) is 18.1 Å². The molecule has 0 heterocycles. The van der Waals surface area contributed by atoms with E-state index >= 15 is 0 Å². The Morgan fingerprint density at radius 2 is 1.73 bits per heavy atom. The minimum atomic E-state index is -4.85. The lowest BCUT2D eigenvalue weighted by molar-refractivity contribution is -0.139. The van der Waals surface area contributed by atoms with Gasteiger partial charge in [0.2, 0.25) is 21.8 Å². The van der Waals surface area contributed by atoms with Gasteiger partial charge in [-0.1, -0.05) is 54.7 Å². The van der Waals surface area contributed by atoms with Crippen molar-refractivity contribution >= 4 is 50.7 Å². The Morgan fingerprint density at radius 3 is 2.30 bits per heavy atom. The SMILES string of the molecule is CCCCNC(=O)[C@@H](C)N(Cc1ccccc1Cl)C(=O)CN(c1ccc(Cl)c(C(F)(F)F)c1)S(C)(=O)=O. The molecule has 13 heteroatoms. The molecule has 0 saturated heterocycles. The molecule has 0 saturated carbocycles. The van der Waals surface area contributed by atoms with E-state index < -0.39 is 56.9 Å². The van der Waals surface area contributed by atoms with Gasteiger partial charge in [0.25, 0.3) is 0 Å². The van der Waals surface area contributed by atoms with Crippen molar-refractivity contribution in [2.45, 2.75) is 45.5 Å². The highest BCUT2D eigenvalue weighted by Crippen LogP contribution is 2.37. The number of halogens is 5. The second kappa shape index (κ2) is 12.8. The number of carbonyl (C=O) groups is 2. The zero-order valence-electron chi connectivity index (χ0n) is 20.5. The van der Waals surface area contributed by atoms with Gasteiger partial charge in [-0.25, -0.2) is 8.42 Å². The fourth-order valence-electron chi connectivity index (χ4n) is 3.43. The van der Waals surface area contributed by atoms with Crippen molar-refractivity contribution in [1.82, 2.24) is 10.2 Å². The predicted octanol–water partition coefficient (Wildman–Crippen LogP) is 5.11. The number of unbranched alkanes of at least 4 members (excludes halogenated alkanes) is 1. The minimum absolute atomic E-state index is 0.132. The second-order valence-corrected chi connectivity index (χ2v) is 11.1.